The second kappa shape index (κ2) is 9.68. The zero-order valence-corrected chi connectivity index (χ0v) is 22.9. The van der Waals surface area contributed by atoms with Crippen molar-refractivity contribution in [2.24, 2.45) is 5.41 Å². The number of H-pyrrole nitrogens is 1. The molecular weight excluding hydrogens is 515 g/mol. The Hall–Kier alpha value is -4.35. The van der Waals surface area contributed by atoms with Gasteiger partial charge in [-0.05, 0) is 31.9 Å². The van der Waals surface area contributed by atoms with Crippen molar-refractivity contribution >= 4 is 45.3 Å². The van der Waals surface area contributed by atoms with Gasteiger partial charge in [-0.3, -0.25) is 9.59 Å². The van der Waals surface area contributed by atoms with Crippen molar-refractivity contribution < 1.29 is 18.7 Å². The number of anilines is 2. The van der Waals surface area contributed by atoms with E-state index in [0.29, 0.717) is 64.5 Å². The molecule has 2 aliphatic rings. The first-order valence-electron chi connectivity index (χ1n) is 13.5. The van der Waals surface area contributed by atoms with E-state index in [4.69, 9.17) is 9.72 Å². The highest BCUT2D eigenvalue weighted by Gasteiger charge is 2.56. The summed E-state index contributed by atoms with van der Waals surface area (Å²) in [4.78, 5) is 49.5. The number of hydrogen-bond donors (Lipinski definition) is 2. The van der Waals surface area contributed by atoms with Gasteiger partial charge in [0.15, 0.2) is 5.75 Å². The second-order valence-corrected chi connectivity index (χ2v) is 10.6. The van der Waals surface area contributed by atoms with Crippen molar-refractivity contribution in [2.75, 3.05) is 29.9 Å². The molecule has 1 saturated heterocycles. The van der Waals surface area contributed by atoms with Gasteiger partial charge in [-0.1, -0.05) is 13.8 Å². The highest BCUT2D eigenvalue weighted by atomic mass is 19.1. The smallest absolute Gasteiger partial charge is 0.326 e. The number of aromatic nitrogens is 5. The quantitative estimate of drug-likeness (QED) is 0.356. The lowest BCUT2D eigenvalue weighted by atomic mass is 10.0. The third-order valence-electron chi connectivity index (χ3n) is 7.96. The van der Waals surface area contributed by atoms with Gasteiger partial charge in [-0.2, -0.15) is 9.97 Å². The number of aromatic amines is 1. The minimum atomic E-state index is -0.476. The molecule has 1 aliphatic carbocycles. The molecule has 12 heteroatoms. The molecule has 2 amide bonds. The number of fused-ring (bicyclic) bond motifs is 3. The lowest BCUT2D eigenvalue weighted by Gasteiger charge is -2.20. The maximum absolute atomic E-state index is 15.0. The monoisotopic (exact) mass is 546 g/mol. The van der Waals surface area contributed by atoms with Crippen LogP contribution < -0.4 is 19.9 Å². The Labute approximate surface area is 230 Å². The van der Waals surface area contributed by atoms with E-state index < -0.39 is 5.82 Å². The van der Waals surface area contributed by atoms with E-state index in [0.717, 1.165) is 12.8 Å². The molecule has 1 spiro atoms. The summed E-state index contributed by atoms with van der Waals surface area (Å²) in [6.45, 7) is 6.61. The topological polar surface area (TPSA) is 129 Å². The summed E-state index contributed by atoms with van der Waals surface area (Å²) in [5, 5.41) is 4.37. The van der Waals surface area contributed by atoms with Gasteiger partial charge in [0, 0.05) is 43.8 Å². The molecule has 40 heavy (non-hydrogen) atoms. The van der Waals surface area contributed by atoms with Gasteiger partial charge in [0.05, 0.1) is 35.0 Å². The summed E-state index contributed by atoms with van der Waals surface area (Å²) in [6, 6.07) is 2.82. The van der Waals surface area contributed by atoms with Gasteiger partial charge in [0.1, 0.15) is 23.1 Å². The van der Waals surface area contributed by atoms with Crippen molar-refractivity contribution in [3.8, 4) is 11.8 Å². The lowest BCUT2D eigenvalue weighted by molar-refractivity contribution is -0.121. The first kappa shape index (κ1) is 25.9. The SMILES string of the molecule is CCC(=O)NC1CN(c2nc(Oc3cnc(C)nc3)nc3[nH]c4c(N(C)C(=O)CC)cc(F)cc4c23)CC12CC2. The zero-order chi connectivity index (χ0) is 28.2. The van der Waals surface area contributed by atoms with Crippen LogP contribution in [0.2, 0.25) is 0 Å². The lowest BCUT2D eigenvalue weighted by Crippen LogP contribution is -2.41. The maximum atomic E-state index is 15.0. The van der Waals surface area contributed by atoms with Crippen LogP contribution in [-0.4, -0.2) is 62.9 Å². The van der Waals surface area contributed by atoms with Crippen LogP contribution in [-0.2, 0) is 9.59 Å². The normalized spacial score (nSPS) is 17.5. The van der Waals surface area contributed by atoms with E-state index in [2.05, 4.69) is 30.2 Å². The molecule has 2 N–H and O–H groups in total. The van der Waals surface area contributed by atoms with Crippen LogP contribution in [0.1, 0.15) is 45.4 Å². The van der Waals surface area contributed by atoms with E-state index >= 15 is 4.39 Å². The molecule has 4 aromatic rings. The Bertz CT molecular complexity index is 1630. The Morgan fingerprint density at radius 3 is 2.62 bits per heavy atom. The minimum absolute atomic E-state index is 0.0109. The van der Waals surface area contributed by atoms with Crippen LogP contribution in [0.3, 0.4) is 0 Å². The largest absolute Gasteiger partial charge is 0.421 e. The molecule has 1 unspecified atom stereocenters. The molecule has 4 heterocycles. The average molecular weight is 547 g/mol. The van der Waals surface area contributed by atoms with Gasteiger partial charge in [0.25, 0.3) is 0 Å². The molecule has 1 atom stereocenters. The number of ether oxygens (including phenoxy) is 1. The van der Waals surface area contributed by atoms with Crippen LogP contribution in [0.15, 0.2) is 24.5 Å². The summed E-state index contributed by atoms with van der Waals surface area (Å²) in [5.74, 6) is 0.935. The van der Waals surface area contributed by atoms with Gasteiger partial charge in [-0.15, -0.1) is 0 Å². The average Bonchev–Trinajstić information content (AvgIpc) is 3.51. The summed E-state index contributed by atoms with van der Waals surface area (Å²) >= 11 is 0. The first-order valence-corrected chi connectivity index (χ1v) is 13.5. The van der Waals surface area contributed by atoms with Crippen molar-refractivity contribution in [3.05, 3.63) is 36.2 Å². The Morgan fingerprint density at radius 2 is 1.95 bits per heavy atom. The molecule has 2 fully saturated rings. The molecule has 1 aliphatic heterocycles. The van der Waals surface area contributed by atoms with Crippen LogP contribution in [0.5, 0.6) is 11.8 Å². The van der Waals surface area contributed by atoms with E-state index in [9.17, 15) is 9.59 Å². The van der Waals surface area contributed by atoms with E-state index in [-0.39, 0.29) is 35.7 Å². The van der Waals surface area contributed by atoms with Crippen molar-refractivity contribution in [1.82, 2.24) is 30.2 Å². The summed E-state index contributed by atoms with van der Waals surface area (Å²) < 4.78 is 21.0. The predicted molar refractivity (Wildman–Crippen MR) is 148 cm³/mol. The molecule has 208 valence electrons. The fraction of sp³-hybridized carbons (Fsp3) is 0.429. The van der Waals surface area contributed by atoms with Crippen molar-refractivity contribution in [3.63, 3.8) is 0 Å². The van der Waals surface area contributed by atoms with Gasteiger partial charge >= 0.3 is 6.01 Å². The van der Waals surface area contributed by atoms with Crippen LogP contribution in [0.25, 0.3) is 21.9 Å². The Kier molecular flexibility index (Phi) is 6.27. The van der Waals surface area contributed by atoms with Crippen molar-refractivity contribution in [2.45, 2.75) is 52.5 Å². The van der Waals surface area contributed by atoms with E-state index in [1.54, 1.807) is 33.3 Å². The molecule has 11 nitrogen and oxygen atoms in total. The van der Waals surface area contributed by atoms with Gasteiger partial charge in [-0.25, -0.2) is 14.4 Å². The van der Waals surface area contributed by atoms with E-state index in [1.807, 2.05) is 6.92 Å². The second-order valence-electron chi connectivity index (χ2n) is 10.6. The minimum Gasteiger partial charge on any atom is -0.421 e. The van der Waals surface area contributed by atoms with Crippen LogP contribution in [0.4, 0.5) is 15.9 Å². The third kappa shape index (κ3) is 4.46. The zero-order valence-electron chi connectivity index (χ0n) is 22.9. The maximum Gasteiger partial charge on any atom is 0.326 e. The summed E-state index contributed by atoms with van der Waals surface area (Å²) in [5.41, 5.74) is 1.40. The highest BCUT2D eigenvalue weighted by molar-refractivity contribution is 6.16. The number of amides is 2. The Morgan fingerprint density at radius 1 is 1.20 bits per heavy atom. The summed E-state index contributed by atoms with van der Waals surface area (Å²) in [7, 11) is 1.63. The molecule has 3 aromatic heterocycles. The highest BCUT2D eigenvalue weighted by Crippen LogP contribution is 2.54. The number of carbonyl (C=O) groups is 2. The van der Waals surface area contributed by atoms with Gasteiger partial charge < -0.3 is 24.8 Å². The number of aryl methyl sites for hydroxylation is 1. The first-order chi connectivity index (χ1) is 19.2. The molecule has 6 rings (SSSR count). The van der Waals surface area contributed by atoms with Crippen molar-refractivity contribution in [1.29, 1.82) is 0 Å². The molecule has 1 saturated carbocycles. The third-order valence-corrected chi connectivity index (χ3v) is 7.96. The van der Waals surface area contributed by atoms with Crippen LogP contribution >= 0.6 is 0 Å². The number of halogens is 1. The molecule has 0 bridgehead atoms. The number of nitrogens with zero attached hydrogens (tertiary/aromatic N) is 6. The standard InChI is InChI=1S/C28H31FN8O3/c1-5-21(38)32-20-13-37(14-28(20)7-8-28)26-23-18-9-16(29)10-19(36(4)22(39)6-2)24(18)33-25(23)34-27(35-26)40-17-11-30-15(3)31-12-17/h9-12,20H,5-8,13-14H2,1-4H3,(H,32,38)(H,33,34,35). The number of rotatable bonds is 7. The number of benzene rings is 1. The predicted octanol–water partition coefficient (Wildman–Crippen LogP) is 4.01. The fourth-order valence-electron chi connectivity index (χ4n) is 5.55. The fourth-order valence-corrected chi connectivity index (χ4v) is 5.55. The molecule has 1 aromatic carbocycles. The van der Waals surface area contributed by atoms with Gasteiger partial charge in [0.2, 0.25) is 11.8 Å². The molecular formula is C28H31FN8O3. The van der Waals surface area contributed by atoms with Crippen LogP contribution in [0, 0.1) is 18.2 Å². The number of hydrogen-bond acceptors (Lipinski definition) is 8. The number of nitrogens with one attached hydrogen (secondary N) is 2. The number of carbonyl (C=O) groups excluding carboxylic acids is 2. The van der Waals surface area contributed by atoms with E-state index in [1.165, 1.54) is 17.0 Å². The molecule has 0 radical (unpaired) electrons. The Balaban J connectivity index is 1.51. The summed E-state index contributed by atoms with van der Waals surface area (Å²) in [6.07, 6.45) is 5.79.